The Labute approximate surface area is 128 Å². The first-order valence-electron chi connectivity index (χ1n) is 5.98. The Balaban J connectivity index is 2.02. The van der Waals surface area contributed by atoms with Gasteiger partial charge in [0.2, 0.25) is 0 Å². The van der Waals surface area contributed by atoms with E-state index in [0.29, 0.717) is 5.16 Å². The van der Waals surface area contributed by atoms with Crippen LogP contribution in [0.3, 0.4) is 0 Å². The fourth-order valence-electron chi connectivity index (χ4n) is 1.86. The maximum atomic E-state index is 11.0. The van der Waals surface area contributed by atoms with Gasteiger partial charge >= 0.3 is 5.69 Å². The van der Waals surface area contributed by atoms with E-state index in [0.717, 1.165) is 28.4 Å². The molecule has 2 heterocycles. The van der Waals surface area contributed by atoms with Crippen molar-refractivity contribution in [2.45, 2.75) is 17.1 Å². The quantitative estimate of drug-likeness (QED) is 0.448. The molecule has 0 unspecified atom stereocenters. The van der Waals surface area contributed by atoms with Crippen molar-refractivity contribution >= 4 is 40.1 Å². The molecular weight excluding hydrogens is 312 g/mol. The van der Waals surface area contributed by atoms with Gasteiger partial charge in [-0.1, -0.05) is 17.7 Å². The van der Waals surface area contributed by atoms with Crippen LogP contribution < -0.4 is 0 Å². The number of nitrogens with zero attached hydrogens (tertiary/aromatic N) is 3. The van der Waals surface area contributed by atoms with Crippen LogP contribution in [0.15, 0.2) is 40.5 Å². The summed E-state index contributed by atoms with van der Waals surface area (Å²) in [6, 6.07) is 8.55. The fourth-order valence-corrected chi connectivity index (χ4v) is 2.94. The van der Waals surface area contributed by atoms with Crippen molar-refractivity contribution in [3.63, 3.8) is 0 Å². The van der Waals surface area contributed by atoms with Crippen molar-refractivity contribution in [3.8, 4) is 0 Å². The number of hydrogen-bond acceptors (Lipinski definition) is 5. The van der Waals surface area contributed by atoms with Gasteiger partial charge in [0, 0.05) is 6.07 Å². The Bertz CT molecular complexity index is 849. The summed E-state index contributed by atoms with van der Waals surface area (Å²) < 4.78 is 0. The zero-order valence-electron chi connectivity index (χ0n) is 10.8. The van der Waals surface area contributed by atoms with Gasteiger partial charge in [0.05, 0.1) is 16.0 Å². The van der Waals surface area contributed by atoms with Gasteiger partial charge in [-0.25, -0.2) is 9.97 Å². The Morgan fingerprint density at radius 3 is 2.86 bits per heavy atom. The lowest BCUT2D eigenvalue weighted by atomic mass is 10.2. The minimum absolute atomic E-state index is 0.0963. The smallest absolute Gasteiger partial charge is 0.301 e. The predicted octanol–water partition coefficient (Wildman–Crippen LogP) is 3.98. The molecular formula is C13H9ClN4O2S. The van der Waals surface area contributed by atoms with Crippen LogP contribution in [0.2, 0.25) is 5.15 Å². The van der Waals surface area contributed by atoms with Gasteiger partial charge in [-0.2, -0.15) is 0 Å². The highest BCUT2D eigenvalue weighted by Gasteiger charge is 2.18. The molecule has 2 aromatic heterocycles. The lowest BCUT2D eigenvalue weighted by molar-refractivity contribution is -0.388. The van der Waals surface area contributed by atoms with Crippen LogP contribution in [-0.2, 0) is 0 Å². The number of aryl methyl sites for hydroxylation is 1. The number of hydrogen-bond donors (Lipinski definition) is 1. The summed E-state index contributed by atoms with van der Waals surface area (Å²) in [5.41, 5.74) is 2.69. The number of aromatic amines is 1. The van der Waals surface area contributed by atoms with Crippen molar-refractivity contribution in [1.29, 1.82) is 0 Å². The van der Waals surface area contributed by atoms with E-state index in [-0.39, 0.29) is 15.9 Å². The van der Waals surface area contributed by atoms with Gasteiger partial charge in [0.15, 0.2) is 10.2 Å². The van der Waals surface area contributed by atoms with Crippen LogP contribution in [-0.4, -0.2) is 19.9 Å². The summed E-state index contributed by atoms with van der Waals surface area (Å²) in [5.74, 6) is 0. The van der Waals surface area contributed by atoms with Crippen LogP contribution in [0.25, 0.3) is 11.0 Å². The van der Waals surface area contributed by atoms with Gasteiger partial charge in [0.1, 0.15) is 5.15 Å². The molecule has 8 heteroatoms. The third kappa shape index (κ3) is 2.84. The average Bonchev–Trinajstić information content (AvgIpc) is 2.79. The maximum Gasteiger partial charge on any atom is 0.301 e. The molecule has 0 radical (unpaired) electrons. The first-order chi connectivity index (χ1) is 10.0. The number of rotatable bonds is 3. The lowest BCUT2D eigenvalue weighted by Crippen LogP contribution is -1.93. The zero-order valence-corrected chi connectivity index (χ0v) is 12.4. The number of nitro groups is 1. The molecule has 0 saturated heterocycles. The molecule has 0 aliphatic rings. The molecule has 1 N–H and O–H groups in total. The molecule has 6 nitrogen and oxygen atoms in total. The van der Waals surface area contributed by atoms with Crippen molar-refractivity contribution in [3.05, 3.63) is 51.2 Å². The van der Waals surface area contributed by atoms with E-state index in [1.165, 1.54) is 12.1 Å². The first-order valence-corrected chi connectivity index (χ1v) is 7.17. The van der Waals surface area contributed by atoms with Gasteiger partial charge in [-0.15, -0.1) is 0 Å². The number of halogens is 1. The van der Waals surface area contributed by atoms with Crippen LogP contribution in [0.5, 0.6) is 0 Å². The van der Waals surface area contributed by atoms with E-state index in [2.05, 4.69) is 15.0 Å². The van der Waals surface area contributed by atoms with Crippen molar-refractivity contribution in [1.82, 2.24) is 15.0 Å². The second-order valence-electron chi connectivity index (χ2n) is 4.38. The van der Waals surface area contributed by atoms with Crippen LogP contribution in [0.4, 0.5) is 5.69 Å². The number of H-pyrrole nitrogens is 1. The molecule has 106 valence electrons. The number of benzene rings is 1. The number of aromatic nitrogens is 3. The average molecular weight is 321 g/mol. The van der Waals surface area contributed by atoms with Gasteiger partial charge < -0.3 is 4.98 Å². The molecule has 0 bridgehead atoms. The van der Waals surface area contributed by atoms with Crippen molar-refractivity contribution < 1.29 is 4.92 Å². The van der Waals surface area contributed by atoms with E-state index < -0.39 is 4.92 Å². The second-order valence-corrected chi connectivity index (χ2v) is 5.74. The van der Waals surface area contributed by atoms with Gasteiger partial charge in [-0.05, 0) is 42.4 Å². The maximum absolute atomic E-state index is 11.0. The Kier molecular flexibility index (Phi) is 3.52. The number of nitrogens with one attached hydrogen (secondary N) is 1. The van der Waals surface area contributed by atoms with E-state index >= 15 is 0 Å². The highest BCUT2D eigenvalue weighted by atomic mass is 35.5. The molecule has 1 aromatic carbocycles. The monoisotopic (exact) mass is 320 g/mol. The summed E-state index contributed by atoms with van der Waals surface area (Å²) in [5, 5.41) is 12.0. The molecule has 0 aliphatic heterocycles. The SMILES string of the molecule is Cc1ccc2nc(Sc3nc(Cl)ccc3[N+](=O)[O-])[nH]c2c1. The zero-order chi connectivity index (χ0) is 15.0. The summed E-state index contributed by atoms with van der Waals surface area (Å²) >= 11 is 6.89. The number of pyridine rings is 1. The molecule has 0 amide bonds. The summed E-state index contributed by atoms with van der Waals surface area (Å²) in [6.45, 7) is 1.98. The molecule has 0 atom stereocenters. The molecule has 0 spiro atoms. The van der Waals surface area contributed by atoms with Crippen LogP contribution in [0.1, 0.15) is 5.56 Å². The molecule has 0 saturated carbocycles. The number of fused-ring (bicyclic) bond motifs is 1. The Hall–Kier alpha value is -2.12. The Morgan fingerprint density at radius 1 is 1.29 bits per heavy atom. The largest absolute Gasteiger partial charge is 0.333 e. The standard InChI is InChI=1S/C13H9ClN4O2S/c1-7-2-3-8-9(6-7)16-13(15-8)21-12-10(18(19)20)4-5-11(14)17-12/h2-6H,1H3,(H,15,16). The Morgan fingerprint density at radius 2 is 2.10 bits per heavy atom. The van der Waals surface area contributed by atoms with Gasteiger partial charge in [-0.3, -0.25) is 10.1 Å². The van der Waals surface area contributed by atoms with Crippen LogP contribution >= 0.6 is 23.4 Å². The summed E-state index contributed by atoms with van der Waals surface area (Å²) in [7, 11) is 0. The minimum atomic E-state index is -0.488. The molecule has 0 aliphatic carbocycles. The molecule has 21 heavy (non-hydrogen) atoms. The first kappa shape index (κ1) is 13.8. The highest BCUT2D eigenvalue weighted by Crippen LogP contribution is 2.33. The van der Waals surface area contributed by atoms with Crippen molar-refractivity contribution in [2.75, 3.05) is 0 Å². The summed E-state index contributed by atoms with van der Waals surface area (Å²) in [4.78, 5) is 22.0. The van der Waals surface area contributed by atoms with E-state index in [1.807, 2.05) is 25.1 Å². The van der Waals surface area contributed by atoms with Gasteiger partial charge in [0.25, 0.3) is 0 Å². The van der Waals surface area contributed by atoms with Crippen LogP contribution in [0, 0.1) is 17.0 Å². The predicted molar refractivity (Wildman–Crippen MR) is 80.9 cm³/mol. The molecule has 0 fully saturated rings. The number of imidazole rings is 1. The normalized spacial score (nSPS) is 11.0. The highest BCUT2D eigenvalue weighted by molar-refractivity contribution is 7.99. The van der Waals surface area contributed by atoms with E-state index in [9.17, 15) is 10.1 Å². The topological polar surface area (TPSA) is 84.7 Å². The van der Waals surface area contributed by atoms with E-state index in [1.54, 1.807) is 0 Å². The van der Waals surface area contributed by atoms with E-state index in [4.69, 9.17) is 11.6 Å². The minimum Gasteiger partial charge on any atom is -0.333 e. The summed E-state index contributed by atoms with van der Waals surface area (Å²) in [6.07, 6.45) is 0. The molecule has 3 rings (SSSR count). The fraction of sp³-hybridized carbons (Fsp3) is 0.0769. The second kappa shape index (κ2) is 5.34. The third-order valence-electron chi connectivity index (χ3n) is 2.81. The third-order valence-corrected chi connectivity index (χ3v) is 3.90. The molecule has 3 aromatic rings. The van der Waals surface area contributed by atoms with Crippen molar-refractivity contribution in [2.24, 2.45) is 0 Å². The lowest BCUT2D eigenvalue weighted by Gasteiger charge is -1.99.